The predicted molar refractivity (Wildman–Crippen MR) is 96.0 cm³/mol. The molecule has 0 rings (SSSR count). The van der Waals surface area contributed by atoms with E-state index in [-0.39, 0.29) is 94.7 Å². The van der Waals surface area contributed by atoms with Crippen LogP contribution in [0.25, 0.3) is 10.4 Å². The molecular weight excluding hydrogens is 465 g/mol. The molecule has 0 aliphatic rings. The average Bonchev–Trinajstić information content (AvgIpc) is 2.48. The minimum Gasteiger partial charge on any atom is -0.790 e. The Balaban J connectivity index is -0.00000113. The molecule has 0 spiro atoms. The van der Waals surface area contributed by atoms with Crippen molar-refractivity contribution in [2.24, 2.45) is 5.11 Å². The average molecular weight is 489 g/mol. The van der Waals surface area contributed by atoms with Crippen molar-refractivity contribution >= 4 is 15.6 Å². The van der Waals surface area contributed by atoms with Crippen molar-refractivity contribution < 1.29 is 121 Å². The first-order valence-corrected chi connectivity index (χ1v) is 11.0. The largest absolute Gasteiger partial charge is 1.00 e. The summed E-state index contributed by atoms with van der Waals surface area (Å²) in [5.74, 6) is 0. The quantitative estimate of drug-likeness (QED) is 0.0619. The number of hydrogen-bond donors (Lipinski definition) is 0. The Morgan fingerprint density at radius 2 is 1.63 bits per heavy atom. The molecule has 30 heavy (non-hydrogen) atoms. The second-order valence-electron chi connectivity index (χ2n) is 6.02. The van der Waals surface area contributed by atoms with Crippen molar-refractivity contribution in [1.29, 1.82) is 0 Å². The SMILES string of the molecule is C=C(C)C(CC/C(C)=C/CC/C(C)=C/COP(=O)([O-])OP(=O)([O-])[O-])N=[N+]=[N-].[Na+].[Na+].[Na+]. The first-order chi connectivity index (χ1) is 12.4. The van der Waals surface area contributed by atoms with E-state index >= 15 is 0 Å². The summed E-state index contributed by atoms with van der Waals surface area (Å²) in [6, 6.07) is -0.235. The molecule has 0 radical (unpaired) electrons. The summed E-state index contributed by atoms with van der Waals surface area (Å²) in [6.45, 7) is 8.90. The summed E-state index contributed by atoms with van der Waals surface area (Å²) in [4.78, 5) is 34.4. The van der Waals surface area contributed by atoms with Crippen LogP contribution in [0.5, 0.6) is 0 Å². The van der Waals surface area contributed by atoms with Crippen LogP contribution in [-0.4, -0.2) is 12.6 Å². The molecular formula is C15H24N3Na3O7P2. The Kier molecular flexibility index (Phi) is 26.3. The fraction of sp³-hybridized carbons (Fsp3) is 0.600. The number of nitrogens with zero attached hydrogens (tertiary/aromatic N) is 3. The van der Waals surface area contributed by atoms with Gasteiger partial charge in [-0.05, 0) is 52.0 Å². The van der Waals surface area contributed by atoms with E-state index in [4.69, 9.17) is 5.53 Å². The molecule has 0 aromatic rings. The summed E-state index contributed by atoms with van der Waals surface area (Å²) in [5, 5.41) is 3.70. The summed E-state index contributed by atoms with van der Waals surface area (Å²) in [5.41, 5.74) is 11.3. The Morgan fingerprint density at radius 1 is 1.10 bits per heavy atom. The van der Waals surface area contributed by atoms with E-state index in [9.17, 15) is 23.8 Å². The van der Waals surface area contributed by atoms with Gasteiger partial charge < -0.3 is 23.8 Å². The van der Waals surface area contributed by atoms with E-state index < -0.39 is 22.3 Å². The Hall–Kier alpha value is 1.79. The molecule has 2 atom stereocenters. The van der Waals surface area contributed by atoms with E-state index in [1.54, 1.807) is 6.92 Å². The minimum atomic E-state index is -5.67. The predicted octanol–water partition coefficient (Wildman–Crippen LogP) is -5.96. The van der Waals surface area contributed by atoms with Gasteiger partial charge in [0.05, 0.1) is 20.5 Å². The normalized spacial score (nSPS) is 14.7. The number of allylic oxidation sites excluding steroid dienone is 3. The molecule has 10 nitrogen and oxygen atoms in total. The van der Waals surface area contributed by atoms with Crippen LogP contribution in [0, 0.1) is 0 Å². The second-order valence-corrected chi connectivity index (χ2v) is 8.72. The molecule has 0 aromatic heterocycles. The van der Waals surface area contributed by atoms with E-state index in [0.717, 1.165) is 23.1 Å². The zero-order valence-electron chi connectivity index (χ0n) is 18.6. The van der Waals surface area contributed by atoms with Gasteiger partial charge in [-0.1, -0.05) is 40.6 Å². The zero-order chi connectivity index (χ0) is 21.1. The summed E-state index contributed by atoms with van der Waals surface area (Å²) < 4.78 is 29.0. The molecule has 0 amide bonds. The van der Waals surface area contributed by atoms with E-state index in [1.165, 1.54) is 6.08 Å². The van der Waals surface area contributed by atoms with Gasteiger partial charge in [0.15, 0.2) is 0 Å². The minimum absolute atomic E-state index is 0. The van der Waals surface area contributed by atoms with Gasteiger partial charge in [0, 0.05) is 4.91 Å². The number of hydrogen-bond acceptors (Lipinski definition) is 8. The van der Waals surface area contributed by atoms with E-state index in [0.29, 0.717) is 19.3 Å². The number of rotatable bonds is 13. The van der Waals surface area contributed by atoms with Crippen molar-refractivity contribution in [3.8, 4) is 0 Å². The van der Waals surface area contributed by atoms with Crippen molar-refractivity contribution in [2.75, 3.05) is 6.61 Å². The van der Waals surface area contributed by atoms with E-state index in [2.05, 4.69) is 25.4 Å². The Morgan fingerprint density at radius 3 is 2.10 bits per heavy atom. The second kappa shape index (κ2) is 20.2. The molecule has 0 saturated heterocycles. The smallest absolute Gasteiger partial charge is 0.790 e. The Labute approximate surface area is 244 Å². The fourth-order valence-electron chi connectivity index (χ4n) is 2.00. The zero-order valence-corrected chi connectivity index (χ0v) is 26.4. The molecule has 0 aliphatic carbocycles. The maximum Gasteiger partial charge on any atom is 1.00 e. The van der Waals surface area contributed by atoms with Crippen LogP contribution in [0.3, 0.4) is 0 Å². The molecule has 0 bridgehead atoms. The van der Waals surface area contributed by atoms with Gasteiger partial charge in [-0.25, -0.2) is 0 Å². The fourth-order valence-corrected chi connectivity index (χ4v) is 3.42. The third-order valence-electron chi connectivity index (χ3n) is 3.47. The number of phosphoric acid groups is 2. The maximum absolute atomic E-state index is 11.1. The number of azide groups is 1. The number of phosphoric ester groups is 1. The van der Waals surface area contributed by atoms with Gasteiger partial charge >= 0.3 is 88.7 Å². The van der Waals surface area contributed by atoms with Crippen LogP contribution in [0.4, 0.5) is 0 Å². The van der Waals surface area contributed by atoms with Gasteiger partial charge in [-0.2, -0.15) is 0 Å². The van der Waals surface area contributed by atoms with Crippen molar-refractivity contribution in [3.05, 3.63) is 45.9 Å². The Bertz CT molecular complexity index is 720. The van der Waals surface area contributed by atoms with Crippen LogP contribution < -0.4 is 103 Å². The van der Waals surface area contributed by atoms with Crippen LogP contribution >= 0.6 is 15.6 Å². The van der Waals surface area contributed by atoms with Crippen LogP contribution in [0.2, 0.25) is 0 Å². The summed E-state index contributed by atoms with van der Waals surface area (Å²) in [6.07, 6.45) is 6.24. The molecule has 154 valence electrons. The first-order valence-electron chi connectivity index (χ1n) is 8.06. The third kappa shape index (κ3) is 23.0. The molecule has 15 heteroatoms. The maximum atomic E-state index is 11.1. The van der Waals surface area contributed by atoms with Gasteiger partial charge in [-0.3, -0.25) is 8.88 Å². The van der Waals surface area contributed by atoms with Gasteiger partial charge in [0.2, 0.25) is 0 Å². The standard InChI is InChI=1S/C15H27N3O7P2.3Na/c1-12(2)15(17-18-16)9-8-13(3)6-5-7-14(4)10-11-24-27(22,23)25-26(19,20)21;;;/h6,10,15H,1,5,7-9,11H2,2-4H3,(H,22,23)(H2,19,20,21);;;/q;3*+1/p-3/b13-6+,14-10+;;;. The first kappa shape index (κ1) is 39.0. The van der Waals surface area contributed by atoms with Gasteiger partial charge in [0.1, 0.15) is 0 Å². The molecule has 0 aromatic carbocycles. The van der Waals surface area contributed by atoms with Crippen LogP contribution in [-0.2, 0) is 18.0 Å². The topological polar surface area (TPSA) is 171 Å². The molecule has 0 N–H and O–H groups in total. The molecule has 0 heterocycles. The molecule has 0 fully saturated rings. The molecule has 0 saturated carbocycles. The van der Waals surface area contributed by atoms with Crippen molar-refractivity contribution in [1.82, 2.24) is 0 Å². The molecule has 2 unspecified atom stereocenters. The van der Waals surface area contributed by atoms with E-state index in [1.807, 2.05) is 19.9 Å². The van der Waals surface area contributed by atoms with Crippen LogP contribution in [0.1, 0.15) is 46.5 Å². The summed E-state index contributed by atoms with van der Waals surface area (Å²) in [7, 11) is -10.8. The van der Waals surface area contributed by atoms with Gasteiger partial charge in [-0.15, -0.1) is 0 Å². The molecule has 0 aliphatic heterocycles. The summed E-state index contributed by atoms with van der Waals surface area (Å²) >= 11 is 0. The van der Waals surface area contributed by atoms with Gasteiger partial charge in [0.25, 0.3) is 7.82 Å². The van der Waals surface area contributed by atoms with Crippen molar-refractivity contribution in [3.63, 3.8) is 0 Å². The third-order valence-corrected chi connectivity index (χ3v) is 5.53. The van der Waals surface area contributed by atoms with Crippen molar-refractivity contribution in [2.45, 2.75) is 52.5 Å². The monoisotopic (exact) mass is 489 g/mol. The van der Waals surface area contributed by atoms with Crippen LogP contribution in [0.15, 0.2) is 40.6 Å².